The van der Waals surface area contributed by atoms with E-state index in [4.69, 9.17) is 15.0 Å². The second kappa shape index (κ2) is 6.22. The maximum atomic E-state index is 6.04. The smallest absolute Gasteiger partial charge is 0.230 e. The lowest BCUT2D eigenvalue weighted by atomic mass is 9.69. The Balaban J connectivity index is 2.04. The van der Waals surface area contributed by atoms with Gasteiger partial charge in [0.25, 0.3) is 0 Å². The normalized spacial score (nSPS) is 24.0. The summed E-state index contributed by atoms with van der Waals surface area (Å²) in [6.07, 6.45) is 5.00. The van der Waals surface area contributed by atoms with E-state index in [1.807, 2.05) is 13.8 Å². The molecule has 2 atom stereocenters. The van der Waals surface area contributed by atoms with E-state index in [9.17, 15) is 0 Å². The number of nitrogens with two attached hydrogens (primary N) is 1. The maximum absolute atomic E-state index is 6.04. The molecule has 2 unspecified atom stereocenters. The molecule has 1 heterocycles. The monoisotopic (exact) mass is 281 g/mol. The zero-order chi connectivity index (χ0) is 14.8. The number of rotatable bonds is 5. The molecule has 0 bridgehead atoms. The molecule has 0 aromatic carbocycles. The van der Waals surface area contributed by atoms with E-state index >= 15 is 0 Å². The molecule has 1 fully saturated rings. The summed E-state index contributed by atoms with van der Waals surface area (Å²) in [7, 11) is 0. The molecule has 0 spiro atoms. The third kappa shape index (κ3) is 3.58. The number of aromatic nitrogens is 2. The highest BCUT2D eigenvalue weighted by molar-refractivity contribution is 5.04. The minimum absolute atomic E-state index is 0.157. The lowest BCUT2D eigenvalue weighted by Gasteiger charge is -2.36. The fourth-order valence-corrected chi connectivity index (χ4v) is 2.86. The third-order valence-electron chi connectivity index (χ3n) is 4.20. The van der Waals surface area contributed by atoms with Crippen molar-refractivity contribution in [1.29, 1.82) is 0 Å². The average Bonchev–Trinajstić information content (AvgIpc) is 2.84. The molecule has 20 heavy (non-hydrogen) atoms. The fourth-order valence-electron chi connectivity index (χ4n) is 2.86. The minimum Gasteiger partial charge on any atom is -0.377 e. The van der Waals surface area contributed by atoms with Crippen molar-refractivity contribution in [3.8, 4) is 0 Å². The van der Waals surface area contributed by atoms with E-state index in [0.717, 1.165) is 12.3 Å². The van der Waals surface area contributed by atoms with Crippen molar-refractivity contribution in [2.45, 2.75) is 71.4 Å². The van der Waals surface area contributed by atoms with Crippen molar-refractivity contribution >= 4 is 0 Å². The summed E-state index contributed by atoms with van der Waals surface area (Å²) in [5.74, 6) is 1.64. The molecule has 0 amide bonds. The Morgan fingerprint density at radius 2 is 2.15 bits per heavy atom. The van der Waals surface area contributed by atoms with E-state index in [1.54, 1.807) is 0 Å². The van der Waals surface area contributed by atoms with Crippen LogP contribution in [0.15, 0.2) is 4.52 Å². The highest BCUT2D eigenvalue weighted by atomic mass is 16.5. The van der Waals surface area contributed by atoms with E-state index in [1.165, 1.54) is 19.3 Å². The van der Waals surface area contributed by atoms with Crippen molar-refractivity contribution in [2.24, 2.45) is 11.1 Å². The molecule has 5 nitrogen and oxygen atoms in total. The Kier molecular flexibility index (Phi) is 4.81. The van der Waals surface area contributed by atoms with Crippen molar-refractivity contribution < 1.29 is 9.26 Å². The van der Waals surface area contributed by atoms with Gasteiger partial charge in [0, 0.05) is 5.92 Å². The molecule has 1 aromatic rings. The summed E-state index contributed by atoms with van der Waals surface area (Å²) in [4.78, 5) is 4.52. The molecule has 114 valence electrons. The maximum Gasteiger partial charge on any atom is 0.230 e. The van der Waals surface area contributed by atoms with Crippen LogP contribution in [0.25, 0.3) is 0 Å². The summed E-state index contributed by atoms with van der Waals surface area (Å²) < 4.78 is 11.0. The molecule has 1 aliphatic carbocycles. The van der Waals surface area contributed by atoms with Gasteiger partial charge in [-0.1, -0.05) is 31.8 Å². The van der Waals surface area contributed by atoms with Gasteiger partial charge in [-0.3, -0.25) is 0 Å². The van der Waals surface area contributed by atoms with Crippen LogP contribution in [0.3, 0.4) is 0 Å². The second-order valence-corrected chi connectivity index (χ2v) is 6.77. The molecule has 2 N–H and O–H groups in total. The van der Waals surface area contributed by atoms with Crippen molar-refractivity contribution in [3.05, 3.63) is 11.7 Å². The highest BCUT2D eigenvalue weighted by Crippen LogP contribution is 2.46. The largest absolute Gasteiger partial charge is 0.377 e. The summed E-state index contributed by atoms with van der Waals surface area (Å²) in [5, 5.41) is 4.04. The van der Waals surface area contributed by atoms with Gasteiger partial charge < -0.3 is 15.0 Å². The van der Waals surface area contributed by atoms with Crippen LogP contribution in [-0.4, -0.2) is 22.9 Å². The molecule has 0 saturated heterocycles. The van der Waals surface area contributed by atoms with Crippen LogP contribution in [0, 0.1) is 5.41 Å². The summed E-state index contributed by atoms with van der Waals surface area (Å²) >= 11 is 0. The van der Waals surface area contributed by atoms with Crippen molar-refractivity contribution in [2.75, 3.05) is 6.61 Å². The zero-order valence-electron chi connectivity index (χ0n) is 13.1. The molecule has 1 saturated carbocycles. The average molecular weight is 281 g/mol. The van der Waals surface area contributed by atoms with Crippen molar-refractivity contribution in [3.63, 3.8) is 0 Å². The predicted octanol–water partition coefficient (Wildman–Crippen LogP) is 3.18. The van der Waals surface area contributed by atoms with Crippen LogP contribution in [0.1, 0.15) is 77.1 Å². The van der Waals surface area contributed by atoms with Crippen LogP contribution >= 0.6 is 0 Å². The first-order valence-corrected chi connectivity index (χ1v) is 7.61. The minimum atomic E-state index is -0.318. The lowest BCUT2D eigenvalue weighted by Crippen LogP contribution is -2.26. The Morgan fingerprint density at radius 3 is 2.80 bits per heavy atom. The second-order valence-electron chi connectivity index (χ2n) is 6.77. The summed E-state index contributed by atoms with van der Waals surface area (Å²) in [5.41, 5.74) is 6.27. The standard InChI is InChI=1S/C15H27N3O2/c1-10(2)19-9-12(16)13-17-14(20-18-13)11-7-5-6-8-15(11,3)4/h10-12H,5-9,16H2,1-4H3. The van der Waals surface area contributed by atoms with Crippen LogP contribution < -0.4 is 5.73 Å². The van der Waals surface area contributed by atoms with Crippen LogP contribution in [0.2, 0.25) is 0 Å². The lowest BCUT2D eigenvalue weighted by molar-refractivity contribution is 0.0665. The molecular weight excluding hydrogens is 254 g/mol. The Bertz CT molecular complexity index is 429. The Hall–Kier alpha value is -0.940. The van der Waals surface area contributed by atoms with Gasteiger partial charge in [0.1, 0.15) is 0 Å². The molecular formula is C15H27N3O2. The van der Waals surface area contributed by atoms with Crippen LogP contribution in [-0.2, 0) is 4.74 Å². The SMILES string of the molecule is CC(C)OCC(N)c1noc(C2CCCCC2(C)C)n1. The van der Waals surface area contributed by atoms with E-state index in [2.05, 4.69) is 24.0 Å². The quantitative estimate of drug-likeness (QED) is 0.897. The third-order valence-corrected chi connectivity index (χ3v) is 4.20. The molecule has 1 aliphatic rings. The van der Waals surface area contributed by atoms with Gasteiger partial charge in [-0.15, -0.1) is 0 Å². The fraction of sp³-hybridized carbons (Fsp3) is 0.867. The molecule has 0 aliphatic heterocycles. The van der Waals surface area contributed by atoms with Gasteiger partial charge in [-0.05, 0) is 32.1 Å². The first kappa shape index (κ1) is 15.4. The van der Waals surface area contributed by atoms with Crippen LogP contribution in [0.5, 0.6) is 0 Å². The van der Waals surface area contributed by atoms with Crippen LogP contribution in [0.4, 0.5) is 0 Å². The highest BCUT2D eigenvalue weighted by Gasteiger charge is 2.37. The van der Waals surface area contributed by atoms with Gasteiger partial charge in [0.05, 0.1) is 18.8 Å². The number of nitrogens with zero attached hydrogens (tertiary/aromatic N) is 2. The van der Waals surface area contributed by atoms with Gasteiger partial charge >= 0.3 is 0 Å². The Morgan fingerprint density at radius 1 is 1.40 bits per heavy atom. The van der Waals surface area contributed by atoms with E-state index in [-0.39, 0.29) is 17.6 Å². The van der Waals surface area contributed by atoms with E-state index in [0.29, 0.717) is 18.3 Å². The van der Waals surface area contributed by atoms with E-state index < -0.39 is 0 Å². The Labute approximate surface area is 121 Å². The molecule has 2 rings (SSSR count). The zero-order valence-corrected chi connectivity index (χ0v) is 13.1. The summed E-state index contributed by atoms with van der Waals surface area (Å²) in [6.45, 7) is 8.95. The van der Waals surface area contributed by atoms with Gasteiger partial charge in [-0.25, -0.2) is 0 Å². The summed E-state index contributed by atoms with van der Waals surface area (Å²) in [6, 6.07) is -0.318. The topological polar surface area (TPSA) is 74.2 Å². The molecule has 1 aromatic heterocycles. The molecule has 5 heteroatoms. The van der Waals surface area contributed by atoms with Gasteiger partial charge in [0.15, 0.2) is 5.82 Å². The van der Waals surface area contributed by atoms with Gasteiger partial charge in [-0.2, -0.15) is 4.98 Å². The number of hydrogen-bond donors (Lipinski definition) is 1. The number of ether oxygens (including phenoxy) is 1. The van der Waals surface area contributed by atoms with Gasteiger partial charge in [0.2, 0.25) is 5.89 Å². The number of hydrogen-bond acceptors (Lipinski definition) is 5. The predicted molar refractivity (Wildman–Crippen MR) is 77.3 cm³/mol. The van der Waals surface area contributed by atoms with Crippen molar-refractivity contribution in [1.82, 2.24) is 10.1 Å². The first-order valence-electron chi connectivity index (χ1n) is 7.61. The first-order chi connectivity index (χ1) is 9.40. The molecule has 0 radical (unpaired) electrons.